The highest BCUT2D eigenvalue weighted by atomic mass is 16.5. The summed E-state index contributed by atoms with van der Waals surface area (Å²) in [5, 5.41) is 3.46. The molecule has 6 nitrogen and oxygen atoms in total. The topological polar surface area (TPSA) is 80.0 Å². The number of nitrogens with one attached hydrogen (secondary N) is 1. The zero-order valence-corrected chi connectivity index (χ0v) is 14.7. The van der Waals surface area contributed by atoms with Crippen LogP contribution in [-0.2, 0) is 16.0 Å². The van der Waals surface area contributed by atoms with E-state index in [9.17, 15) is 4.79 Å². The lowest BCUT2D eigenvalue weighted by Gasteiger charge is -2.30. The van der Waals surface area contributed by atoms with Crippen LogP contribution in [0, 0.1) is 5.92 Å². The lowest BCUT2D eigenvalue weighted by molar-refractivity contribution is -0.117. The van der Waals surface area contributed by atoms with Crippen LogP contribution in [0.1, 0.15) is 31.2 Å². The summed E-state index contributed by atoms with van der Waals surface area (Å²) >= 11 is 0. The van der Waals surface area contributed by atoms with Gasteiger partial charge < -0.3 is 20.7 Å². The van der Waals surface area contributed by atoms with E-state index in [1.54, 1.807) is 0 Å². The summed E-state index contributed by atoms with van der Waals surface area (Å²) < 4.78 is 5.46. The number of rotatable bonds is 5. The number of carbonyl (C=O) groups excluding carboxylic acids is 1. The molecule has 1 saturated heterocycles. The first-order valence-corrected chi connectivity index (χ1v) is 9.22. The standard InChI is InChI=1S/C19H28N4O2/c20-18(24)13-15-5-7-17(8-6-15)22-19(23-9-11-25-12-10-23)21-14-16-3-1-2-4-16/h5-8,16H,1-4,9-14H2,(H2,20,24)(H,21,22). The molecule has 2 aliphatic rings. The molecule has 1 aliphatic carbocycles. The van der Waals surface area contributed by atoms with Crippen molar-refractivity contribution >= 4 is 17.6 Å². The summed E-state index contributed by atoms with van der Waals surface area (Å²) in [7, 11) is 0. The van der Waals surface area contributed by atoms with Gasteiger partial charge in [-0.3, -0.25) is 9.79 Å². The fraction of sp³-hybridized carbons (Fsp3) is 0.579. The van der Waals surface area contributed by atoms with Gasteiger partial charge in [-0.2, -0.15) is 0 Å². The van der Waals surface area contributed by atoms with E-state index in [4.69, 9.17) is 15.5 Å². The number of guanidine groups is 1. The van der Waals surface area contributed by atoms with Gasteiger partial charge in [0.1, 0.15) is 0 Å². The minimum absolute atomic E-state index is 0.270. The highest BCUT2D eigenvalue weighted by Gasteiger charge is 2.18. The minimum Gasteiger partial charge on any atom is -0.378 e. The number of anilines is 1. The molecular weight excluding hydrogens is 316 g/mol. The second kappa shape index (κ2) is 8.85. The zero-order valence-electron chi connectivity index (χ0n) is 14.7. The Balaban J connectivity index is 1.67. The first-order valence-electron chi connectivity index (χ1n) is 9.22. The number of morpholine rings is 1. The molecule has 0 spiro atoms. The summed E-state index contributed by atoms with van der Waals surface area (Å²) in [6, 6.07) is 7.82. The van der Waals surface area contributed by atoms with Crippen LogP contribution in [0.4, 0.5) is 5.69 Å². The van der Waals surface area contributed by atoms with Gasteiger partial charge in [-0.05, 0) is 36.5 Å². The number of nitrogens with two attached hydrogens (primary N) is 1. The van der Waals surface area contributed by atoms with Crippen molar-refractivity contribution in [2.45, 2.75) is 32.1 Å². The Bertz CT molecular complexity index is 588. The van der Waals surface area contributed by atoms with Crippen LogP contribution >= 0.6 is 0 Å². The van der Waals surface area contributed by atoms with Crippen LogP contribution in [0.3, 0.4) is 0 Å². The molecule has 3 N–H and O–H groups in total. The lowest BCUT2D eigenvalue weighted by Crippen LogP contribution is -2.44. The smallest absolute Gasteiger partial charge is 0.221 e. The highest BCUT2D eigenvalue weighted by Crippen LogP contribution is 2.25. The number of amides is 1. The molecule has 1 heterocycles. The number of ether oxygens (including phenoxy) is 1. The SMILES string of the molecule is NC(=O)Cc1ccc(NC(=NCC2CCCC2)N2CCOCC2)cc1. The van der Waals surface area contributed by atoms with Crippen molar-refractivity contribution in [3.05, 3.63) is 29.8 Å². The maximum atomic E-state index is 11.0. The highest BCUT2D eigenvalue weighted by molar-refractivity contribution is 5.93. The van der Waals surface area contributed by atoms with Gasteiger partial charge in [0.25, 0.3) is 0 Å². The molecule has 136 valence electrons. The Kier molecular flexibility index (Phi) is 6.28. The van der Waals surface area contributed by atoms with Crippen LogP contribution in [-0.4, -0.2) is 49.6 Å². The fourth-order valence-electron chi connectivity index (χ4n) is 3.44. The summed E-state index contributed by atoms with van der Waals surface area (Å²) in [5.74, 6) is 1.33. The normalized spacial score (nSPS) is 19.2. The lowest BCUT2D eigenvalue weighted by atomic mass is 10.1. The van der Waals surface area contributed by atoms with Crippen molar-refractivity contribution in [3.8, 4) is 0 Å². The molecule has 1 amide bonds. The molecule has 0 atom stereocenters. The molecule has 0 aromatic heterocycles. The van der Waals surface area contributed by atoms with Crippen molar-refractivity contribution in [2.75, 3.05) is 38.2 Å². The molecule has 2 fully saturated rings. The summed E-state index contributed by atoms with van der Waals surface area (Å²) in [6.45, 7) is 4.08. The number of aliphatic imine (C=N–C) groups is 1. The average Bonchev–Trinajstić information content (AvgIpc) is 3.14. The number of hydrogen-bond acceptors (Lipinski definition) is 3. The predicted molar refractivity (Wildman–Crippen MR) is 99.6 cm³/mol. The number of nitrogens with zero attached hydrogens (tertiary/aromatic N) is 2. The summed E-state index contributed by atoms with van der Waals surface area (Å²) in [5.41, 5.74) is 7.15. The molecule has 1 aromatic carbocycles. The predicted octanol–water partition coefficient (Wildman–Crippen LogP) is 2.00. The van der Waals surface area contributed by atoms with E-state index < -0.39 is 0 Å². The molecule has 0 bridgehead atoms. The molecule has 25 heavy (non-hydrogen) atoms. The maximum Gasteiger partial charge on any atom is 0.221 e. The van der Waals surface area contributed by atoms with Crippen LogP contribution in [0.25, 0.3) is 0 Å². The van der Waals surface area contributed by atoms with E-state index in [0.29, 0.717) is 0 Å². The van der Waals surface area contributed by atoms with Gasteiger partial charge in [0.2, 0.25) is 5.91 Å². The van der Waals surface area contributed by atoms with E-state index in [2.05, 4.69) is 10.2 Å². The van der Waals surface area contributed by atoms with E-state index in [1.807, 2.05) is 24.3 Å². The van der Waals surface area contributed by atoms with Gasteiger partial charge >= 0.3 is 0 Å². The minimum atomic E-state index is -0.312. The zero-order chi connectivity index (χ0) is 17.5. The van der Waals surface area contributed by atoms with E-state index >= 15 is 0 Å². The average molecular weight is 344 g/mol. The summed E-state index contributed by atoms with van der Waals surface area (Å²) in [6.07, 6.45) is 5.53. The monoisotopic (exact) mass is 344 g/mol. The second-order valence-corrected chi connectivity index (χ2v) is 6.88. The fourth-order valence-corrected chi connectivity index (χ4v) is 3.44. The third-order valence-corrected chi connectivity index (χ3v) is 4.87. The van der Waals surface area contributed by atoms with Crippen LogP contribution < -0.4 is 11.1 Å². The van der Waals surface area contributed by atoms with Crippen LogP contribution in [0.2, 0.25) is 0 Å². The van der Waals surface area contributed by atoms with Crippen LogP contribution in [0.15, 0.2) is 29.3 Å². The number of hydrogen-bond donors (Lipinski definition) is 2. The Morgan fingerprint density at radius 2 is 1.88 bits per heavy atom. The van der Waals surface area contributed by atoms with Crippen LogP contribution in [0.5, 0.6) is 0 Å². The first-order chi connectivity index (χ1) is 12.2. The number of primary amides is 1. The molecular formula is C19H28N4O2. The molecule has 1 aromatic rings. The Hall–Kier alpha value is -2.08. The molecule has 1 aliphatic heterocycles. The Morgan fingerprint density at radius 3 is 2.52 bits per heavy atom. The molecule has 0 unspecified atom stereocenters. The third-order valence-electron chi connectivity index (χ3n) is 4.87. The Morgan fingerprint density at radius 1 is 1.20 bits per heavy atom. The van der Waals surface area contributed by atoms with Gasteiger partial charge in [-0.25, -0.2) is 0 Å². The second-order valence-electron chi connectivity index (χ2n) is 6.88. The maximum absolute atomic E-state index is 11.0. The first kappa shape index (κ1) is 17.7. The van der Waals surface area contributed by atoms with Crippen molar-refractivity contribution in [2.24, 2.45) is 16.6 Å². The largest absolute Gasteiger partial charge is 0.378 e. The van der Waals surface area contributed by atoms with Crippen molar-refractivity contribution in [3.63, 3.8) is 0 Å². The molecule has 1 saturated carbocycles. The molecule has 3 rings (SSSR count). The van der Waals surface area contributed by atoms with E-state index in [0.717, 1.165) is 56.0 Å². The van der Waals surface area contributed by atoms with Gasteiger partial charge in [0.05, 0.1) is 19.6 Å². The third kappa shape index (κ3) is 5.46. The number of benzene rings is 1. The van der Waals surface area contributed by atoms with Crippen molar-refractivity contribution < 1.29 is 9.53 Å². The van der Waals surface area contributed by atoms with Crippen molar-refractivity contribution in [1.82, 2.24) is 4.90 Å². The van der Waals surface area contributed by atoms with Gasteiger partial charge in [-0.1, -0.05) is 25.0 Å². The van der Waals surface area contributed by atoms with Crippen molar-refractivity contribution in [1.29, 1.82) is 0 Å². The van der Waals surface area contributed by atoms with E-state index in [-0.39, 0.29) is 12.3 Å². The summed E-state index contributed by atoms with van der Waals surface area (Å²) in [4.78, 5) is 18.2. The quantitative estimate of drug-likeness (QED) is 0.632. The van der Waals surface area contributed by atoms with E-state index in [1.165, 1.54) is 25.7 Å². The van der Waals surface area contributed by atoms with Gasteiger partial charge in [-0.15, -0.1) is 0 Å². The number of carbonyl (C=O) groups is 1. The van der Waals surface area contributed by atoms with Gasteiger partial charge in [0, 0.05) is 25.3 Å². The molecule has 6 heteroatoms. The molecule has 0 radical (unpaired) electrons. The van der Waals surface area contributed by atoms with Gasteiger partial charge in [0.15, 0.2) is 5.96 Å². The Labute approximate surface area is 149 Å².